The summed E-state index contributed by atoms with van der Waals surface area (Å²) in [4.78, 5) is 20.2. The summed E-state index contributed by atoms with van der Waals surface area (Å²) >= 11 is 3.61. The maximum Gasteiger partial charge on any atom is 0.193 e. The van der Waals surface area contributed by atoms with Crippen molar-refractivity contribution in [3.05, 3.63) is 111 Å². The number of ether oxygens (including phenoxy) is 1. The fourth-order valence-corrected chi connectivity index (χ4v) is 5.45. The van der Waals surface area contributed by atoms with E-state index in [1.807, 2.05) is 67.8 Å². The van der Waals surface area contributed by atoms with Crippen molar-refractivity contribution in [3.8, 4) is 11.4 Å². The third-order valence-electron chi connectivity index (χ3n) is 6.94. The Balaban J connectivity index is 1.39. The molecule has 0 N–H and O–H groups in total. The summed E-state index contributed by atoms with van der Waals surface area (Å²) in [5.41, 5.74) is 7.08. The topological polar surface area (TPSA) is 78.1 Å². The minimum Gasteiger partial charge on any atom is -0.471 e. The van der Waals surface area contributed by atoms with Crippen LogP contribution in [0, 0.1) is 0 Å². The van der Waals surface area contributed by atoms with E-state index in [0.717, 1.165) is 43.6 Å². The third kappa shape index (κ3) is 3.66. The van der Waals surface area contributed by atoms with Crippen molar-refractivity contribution in [2.75, 3.05) is 11.9 Å². The number of aromatic nitrogens is 5. The molecular formula is C29H21BrN6O2. The van der Waals surface area contributed by atoms with Crippen molar-refractivity contribution in [3.63, 3.8) is 0 Å². The van der Waals surface area contributed by atoms with E-state index < -0.39 is 0 Å². The van der Waals surface area contributed by atoms with Crippen LogP contribution in [-0.4, -0.2) is 31.6 Å². The first-order valence-corrected chi connectivity index (χ1v) is 12.9. The van der Waals surface area contributed by atoms with E-state index in [2.05, 4.69) is 52.8 Å². The van der Waals surface area contributed by atoms with Crippen LogP contribution >= 0.6 is 15.9 Å². The Morgan fingerprint density at radius 2 is 1.87 bits per heavy atom. The normalized spacial score (nSPS) is 12.2. The maximum atomic E-state index is 13.9. The number of rotatable bonds is 5. The van der Waals surface area contributed by atoms with Gasteiger partial charge in [0.15, 0.2) is 12.2 Å². The molecule has 4 heterocycles. The minimum absolute atomic E-state index is 0.0213. The van der Waals surface area contributed by atoms with E-state index in [-0.39, 0.29) is 12.2 Å². The number of benzene rings is 3. The van der Waals surface area contributed by atoms with Crippen molar-refractivity contribution < 1.29 is 4.74 Å². The first kappa shape index (κ1) is 22.7. The molecule has 9 heteroatoms. The van der Waals surface area contributed by atoms with Crippen LogP contribution in [0.25, 0.3) is 27.6 Å². The largest absolute Gasteiger partial charge is 0.471 e. The highest BCUT2D eigenvalue weighted by Gasteiger charge is 2.25. The highest BCUT2D eigenvalue weighted by Crippen LogP contribution is 2.43. The highest BCUT2D eigenvalue weighted by atomic mass is 79.9. The van der Waals surface area contributed by atoms with Gasteiger partial charge in [0.05, 0.1) is 33.5 Å². The predicted molar refractivity (Wildman–Crippen MR) is 151 cm³/mol. The fourth-order valence-electron chi connectivity index (χ4n) is 5.10. The van der Waals surface area contributed by atoms with Crippen molar-refractivity contribution >= 4 is 49.2 Å². The number of hydrogen-bond donors (Lipinski definition) is 0. The molecule has 1 aliphatic rings. The lowest BCUT2D eigenvalue weighted by Gasteiger charge is -2.32. The minimum atomic E-state index is -0.0213. The van der Waals surface area contributed by atoms with E-state index in [0.29, 0.717) is 23.1 Å². The van der Waals surface area contributed by atoms with Gasteiger partial charge in [0.2, 0.25) is 0 Å². The second-order valence-electron chi connectivity index (χ2n) is 9.27. The summed E-state index contributed by atoms with van der Waals surface area (Å²) in [5.74, 6) is 0.583. The smallest absolute Gasteiger partial charge is 0.193 e. The summed E-state index contributed by atoms with van der Waals surface area (Å²) in [7, 11) is 2.01. The molecule has 3 aromatic heterocycles. The molecule has 6 aromatic rings. The first-order valence-electron chi connectivity index (χ1n) is 12.1. The third-order valence-corrected chi connectivity index (χ3v) is 7.43. The molecule has 0 unspecified atom stereocenters. The summed E-state index contributed by atoms with van der Waals surface area (Å²) in [6.45, 7) is 0.168. The molecule has 0 amide bonds. The molecule has 0 saturated heterocycles. The Morgan fingerprint density at radius 1 is 0.974 bits per heavy atom. The van der Waals surface area contributed by atoms with Crippen molar-refractivity contribution in [1.82, 2.24) is 24.5 Å². The Morgan fingerprint density at radius 3 is 2.74 bits per heavy atom. The van der Waals surface area contributed by atoms with E-state index in [9.17, 15) is 4.79 Å². The Kier molecular flexibility index (Phi) is 5.26. The standard InChI is InChI=1S/C29H21BrN6O2/c1-34-26-12-20(30)8-9-25(26)35-16-19(11-18-5-4-10-31-15-18)29(37)22-13-21(14-27(34)28(22)35)38-17-36-24-7-3-2-6-23(24)32-33-36/h2-10,12-16H,11,17H2,1H3. The van der Waals surface area contributed by atoms with Gasteiger partial charge in [-0.2, -0.15) is 0 Å². The molecule has 7 rings (SSSR count). The Labute approximate surface area is 225 Å². The van der Waals surface area contributed by atoms with E-state index in [1.54, 1.807) is 17.1 Å². The van der Waals surface area contributed by atoms with Crippen LogP contribution < -0.4 is 15.1 Å². The molecule has 1 aliphatic heterocycles. The van der Waals surface area contributed by atoms with E-state index >= 15 is 0 Å². The zero-order valence-corrected chi connectivity index (χ0v) is 22.0. The monoisotopic (exact) mass is 564 g/mol. The molecule has 0 aliphatic carbocycles. The number of halogens is 1. The van der Waals surface area contributed by atoms with Gasteiger partial charge in [-0.1, -0.05) is 39.3 Å². The van der Waals surface area contributed by atoms with Gasteiger partial charge in [-0.25, -0.2) is 4.68 Å². The van der Waals surface area contributed by atoms with Crippen molar-refractivity contribution in [2.45, 2.75) is 13.2 Å². The molecule has 0 fully saturated rings. The molecule has 0 atom stereocenters. The molecule has 186 valence electrons. The molecule has 3 aromatic carbocycles. The van der Waals surface area contributed by atoms with Crippen LogP contribution in [0.3, 0.4) is 0 Å². The lowest BCUT2D eigenvalue weighted by Crippen LogP contribution is -2.23. The van der Waals surface area contributed by atoms with Crippen LogP contribution in [0.4, 0.5) is 11.4 Å². The quantitative estimate of drug-likeness (QED) is 0.271. The van der Waals surface area contributed by atoms with E-state index in [4.69, 9.17) is 4.74 Å². The van der Waals surface area contributed by atoms with Gasteiger partial charge in [0.1, 0.15) is 11.3 Å². The van der Waals surface area contributed by atoms with Gasteiger partial charge in [-0.05, 0) is 48.0 Å². The lowest BCUT2D eigenvalue weighted by atomic mass is 10.0. The van der Waals surface area contributed by atoms with Crippen LogP contribution in [-0.2, 0) is 13.2 Å². The Hall–Kier alpha value is -4.50. The molecule has 38 heavy (non-hydrogen) atoms. The van der Waals surface area contributed by atoms with Gasteiger partial charge in [-0.3, -0.25) is 9.78 Å². The molecule has 0 bridgehead atoms. The highest BCUT2D eigenvalue weighted by molar-refractivity contribution is 9.10. The second kappa shape index (κ2) is 8.81. The second-order valence-corrected chi connectivity index (χ2v) is 10.2. The van der Waals surface area contributed by atoms with Gasteiger partial charge in [-0.15, -0.1) is 5.10 Å². The van der Waals surface area contributed by atoms with Crippen LogP contribution in [0.2, 0.25) is 0 Å². The zero-order valence-electron chi connectivity index (χ0n) is 20.4. The summed E-state index contributed by atoms with van der Waals surface area (Å²) < 4.78 is 11.0. The lowest BCUT2D eigenvalue weighted by molar-refractivity contribution is 0.223. The SMILES string of the molecule is CN1c2cc(Br)ccc2-n2cc(Cc3cccnc3)c(=O)c3cc(OCn4nnc5ccccc54)cc1c32. The van der Waals surface area contributed by atoms with Crippen LogP contribution in [0.15, 0.2) is 94.6 Å². The number of fused-ring (bicyclic) bond motifs is 3. The summed E-state index contributed by atoms with van der Waals surface area (Å²) in [6, 6.07) is 21.6. The predicted octanol–water partition coefficient (Wildman–Crippen LogP) is 5.60. The van der Waals surface area contributed by atoms with Gasteiger partial charge >= 0.3 is 0 Å². The number of nitrogens with zero attached hydrogens (tertiary/aromatic N) is 6. The molecule has 8 nitrogen and oxygen atoms in total. The van der Waals surface area contributed by atoms with Gasteiger partial charge < -0.3 is 14.2 Å². The van der Waals surface area contributed by atoms with Crippen molar-refractivity contribution in [1.29, 1.82) is 0 Å². The number of hydrogen-bond acceptors (Lipinski definition) is 6. The fraction of sp³-hybridized carbons (Fsp3) is 0.103. The summed E-state index contributed by atoms with van der Waals surface area (Å²) in [5, 5.41) is 9.04. The van der Waals surface area contributed by atoms with Gasteiger partial charge in [0.25, 0.3) is 0 Å². The van der Waals surface area contributed by atoms with Crippen LogP contribution in [0.1, 0.15) is 11.1 Å². The van der Waals surface area contributed by atoms with Crippen LogP contribution in [0.5, 0.6) is 5.75 Å². The average molecular weight is 565 g/mol. The molecule has 0 radical (unpaired) electrons. The molecule has 0 spiro atoms. The zero-order chi connectivity index (χ0) is 25.8. The number of para-hydroxylation sites is 1. The van der Waals surface area contributed by atoms with E-state index in [1.165, 1.54) is 0 Å². The average Bonchev–Trinajstić information content (AvgIpc) is 3.36. The first-order chi connectivity index (χ1) is 18.6. The maximum absolute atomic E-state index is 13.9. The number of anilines is 2. The van der Waals surface area contributed by atoms with Gasteiger partial charge in [0, 0.05) is 48.2 Å². The summed E-state index contributed by atoms with van der Waals surface area (Å²) in [6.07, 6.45) is 5.98. The molecule has 0 saturated carbocycles. The Bertz CT molecular complexity index is 1910. The molecular weight excluding hydrogens is 544 g/mol. The number of pyridine rings is 2. The van der Waals surface area contributed by atoms with Crippen molar-refractivity contribution in [2.24, 2.45) is 0 Å².